The van der Waals surface area contributed by atoms with Gasteiger partial charge in [0.25, 0.3) is 0 Å². The van der Waals surface area contributed by atoms with Gasteiger partial charge >= 0.3 is 0 Å². The van der Waals surface area contributed by atoms with Gasteiger partial charge in [0.15, 0.2) is 0 Å². The normalized spacial score (nSPS) is 16.6. The van der Waals surface area contributed by atoms with Gasteiger partial charge in [-0.1, -0.05) is 121 Å². The molecule has 8 aromatic rings. The molecule has 2 aliphatic heterocycles. The van der Waals surface area contributed by atoms with E-state index >= 15 is 0 Å². The highest BCUT2D eigenvalue weighted by molar-refractivity contribution is 6.12. The van der Waals surface area contributed by atoms with Crippen LogP contribution in [0.1, 0.15) is 35.2 Å². The summed E-state index contributed by atoms with van der Waals surface area (Å²) in [6, 6.07) is 48.4. The Morgan fingerprint density at radius 3 is 2.29 bits per heavy atom. The van der Waals surface area contributed by atoms with E-state index in [4.69, 9.17) is 9.40 Å². The van der Waals surface area contributed by atoms with E-state index in [1.807, 2.05) is 18.3 Å². The molecule has 0 aliphatic carbocycles. The van der Waals surface area contributed by atoms with E-state index < -0.39 is 0 Å². The molecule has 0 bridgehead atoms. The van der Waals surface area contributed by atoms with E-state index in [1.165, 1.54) is 55.8 Å². The fourth-order valence-electron chi connectivity index (χ4n) is 8.13. The van der Waals surface area contributed by atoms with Crippen molar-refractivity contribution in [1.82, 2.24) is 4.98 Å². The molecule has 0 saturated heterocycles. The van der Waals surface area contributed by atoms with Gasteiger partial charge in [-0.3, -0.25) is 4.98 Å². The second-order valence-corrected chi connectivity index (χ2v) is 13.3. The maximum absolute atomic E-state index is 6.57. The topological polar surface area (TPSA) is 41.3 Å². The summed E-state index contributed by atoms with van der Waals surface area (Å²) in [6.07, 6.45) is 4.19. The minimum absolute atomic E-state index is 0.0541. The maximum atomic E-state index is 6.57. The maximum Gasteiger partial charge on any atom is 0.143 e. The first kappa shape index (κ1) is 27.9. The summed E-state index contributed by atoms with van der Waals surface area (Å²) >= 11 is 0. The molecule has 4 nitrogen and oxygen atoms in total. The molecule has 0 spiro atoms. The summed E-state index contributed by atoms with van der Waals surface area (Å²) in [5.41, 5.74) is 16.2. The fourth-order valence-corrected chi connectivity index (χ4v) is 8.13. The minimum atomic E-state index is 0.0541. The predicted octanol–water partition coefficient (Wildman–Crippen LogP) is 11.3. The Hall–Kier alpha value is -6.13. The largest absolute Gasteiger partial charge is 0.455 e. The van der Waals surface area contributed by atoms with E-state index in [9.17, 15) is 0 Å². The molecule has 2 aromatic heterocycles. The highest BCUT2D eigenvalue weighted by atomic mass is 16.3. The van der Waals surface area contributed by atoms with E-state index in [2.05, 4.69) is 152 Å². The van der Waals surface area contributed by atoms with Gasteiger partial charge in [0, 0.05) is 57.8 Å². The van der Waals surface area contributed by atoms with Gasteiger partial charge in [-0.2, -0.15) is 0 Å². The summed E-state index contributed by atoms with van der Waals surface area (Å²) in [6.45, 7) is 2.20. The van der Waals surface area contributed by atoms with E-state index in [1.54, 1.807) is 0 Å². The Kier molecular flexibility index (Phi) is 6.10. The van der Waals surface area contributed by atoms with Crippen molar-refractivity contribution in [1.29, 1.82) is 0 Å². The van der Waals surface area contributed by atoms with Crippen LogP contribution in [0.15, 0.2) is 150 Å². The molecule has 0 fully saturated rings. The van der Waals surface area contributed by atoms with E-state index in [-0.39, 0.29) is 12.1 Å². The third-order valence-corrected chi connectivity index (χ3v) is 10.4. The number of nitrogens with zero attached hydrogens (tertiary/aromatic N) is 2. The number of hydrogen-bond donors (Lipinski definition) is 1. The molecule has 0 amide bonds. The van der Waals surface area contributed by atoms with Crippen molar-refractivity contribution in [2.75, 3.05) is 17.3 Å². The van der Waals surface area contributed by atoms with Crippen LogP contribution in [0, 0.1) is 0 Å². The molecule has 10 rings (SSSR count). The zero-order valence-corrected chi connectivity index (χ0v) is 27.3. The molecule has 4 heterocycles. The van der Waals surface area contributed by atoms with Gasteiger partial charge in [-0.05, 0) is 58.5 Å². The predicted molar refractivity (Wildman–Crippen MR) is 203 cm³/mol. The van der Waals surface area contributed by atoms with Crippen molar-refractivity contribution in [3.63, 3.8) is 0 Å². The van der Waals surface area contributed by atoms with Crippen LogP contribution in [0.4, 0.5) is 11.4 Å². The number of furan rings is 1. The fraction of sp³-hybridized carbons (Fsp3) is 0.0889. The van der Waals surface area contributed by atoms with Crippen LogP contribution in [-0.2, 0) is 0 Å². The molecule has 6 aromatic carbocycles. The summed E-state index contributed by atoms with van der Waals surface area (Å²) in [5, 5.41) is 7.12. The van der Waals surface area contributed by atoms with Gasteiger partial charge in [-0.15, -0.1) is 0 Å². The van der Waals surface area contributed by atoms with Gasteiger partial charge in [0.1, 0.15) is 11.2 Å². The van der Waals surface area contributed by atoms with E-state index in [0.29, 0.717) is 0 Å². The lowest BCUT2D eigenvalue weighted by Gasteiger charge is -2.38. The molecular formula is C45H33N3O. The number of para-hydroxylation sites is 2. The first-order chi connectivity index (χ1) is 24.1. The number of pyridine rings is 1. The Bertz CT molecular complexity index is 2610. The molecule has 0 radical (unpaired) electrons. The number of hydrogen-bond acceptors (Lipinski definition) is 4. The Balaban J connectivity index is 1.01. The Labute approximate surface area is 285 Å². The number of nitrogens with one attached hydrogen (secondary N) is 1. The molecule has 234 valence electrons. The molecule has 0 saturated carbocycles. The summed E-state index contributed by atoms with van der Waals surface area (Å²) < 4.78 is 6.57. The zero-order valence-electron chi connectivity index (χ0n) is 27.3. The number of benzene rings is 6. The lowest BCUT2D eigenvalue weighted by Crippen LogP contribution is -2.29. The number of anilines is 2. The van der Waals surface area contributed by atoms with Gasteiger partial charge < -0.3 is 14.6 Å². The molecule has 49 heavy (non-hydrogen) atoms. The molecule has 2 aliphatic rings. The zero-order chi connectivity index (χ0) is 32.6. The Morgan fingerprint density at radius 2 is 1.43 bits per heavy atom. The average Bonchev–Trinajstić information content (AvgIpc) is 3.54. The van der Waals surface area contributed by atoms with Crippen LogP contribution in [0.5, 0.6) is 0 Å². The molecule has 4 heteroatoms. The lowest BCUT2D eigenvalue weighted by molar-refractivity contribution is 0.667. The van der Waals surface area contributed by atoms with Crippen LogP contribution in [0.25, 0.3) is 60.7 Å². The van der Waals surface area contributed by atoms with Crippen molar-refractivity contribution in [3.8, 4) is 22.3 Å². The highest BCUT2D eigenvalue weighted by Gasteiger charge is 2.32. The van der Waals surface area contributed by atoms with Gasteiger partial charge in [0.05, 0.1) is 17.2 Å². The summed E-state index contributed by atoms with van der Waals surface area (Å²) in [7, 11) is 2.20. The lowest BCUT2D eigenvalue weighted by atomic mass is 9.84. The molecule has 2 atom stereocenters. The molecule has 1 N–H and O–H groups in total. The van der Waals surface area contributed by atoms with Crippen molar-refractivity contribution in [2.24, 2.45) is 0 Å². The second kappa shape index (κ2) is 10.7. The van der Waals surface area contributed by atoms with Crippen molar-refractivity contribution < 1.29 is 4.42 Å². The summed E-state index contributed by atoms with van der Waals surface area (Å²) in [5.74, 6) is 0. The first-order valence-electron chi connectivity index (χ1n) is 17.0. The van der Waals surface area contributed by atoms with Crippen LogP contribution in [0.3, 0.4) is 0 Å². The van der Waals surface area contributed by atoms with E-state index in [0.717, 1.165) is 38.5 Å². The number of aromatic nitrogens is 1. The van der Waals surface area contributed by atoms with Gasteiger partial charge in [0.2, 0.25) is 0 Å². The summed E-state index contributed by atoms with van der Waals surface area (Å²) in [4.78, 5) is 7.11. The minimum Gasteiger partial charge on any atom is -0.455 e. The first-order valence-corrected chi connectivity index (χ1v) is 17.0. The SMILES string of the molecule is CC1C=C(c2ccc(-c3ccc(C4c5ccc6c(oc7ccccc76)c5-c5ccccc5N4C)cc3)cc2)c2ccc3cccnc3c2N1. The van der Waals surface area contributed by atoms with Gasteiger partial charge in [-0.25, -0.2) is 0 Å². The second-order valence-electron chi connectivity index (χ2n) is 13.3. The average molecular weight is 632 g/mol. The Morgan fingerprint density at radius 1 is 0.673 bits per heavy atom. The van der Waals surface area contributed by atoms with Crippen LogP contribution >= 0.6 is 0 Å². The smallest absolute Gasteiger partial charge is 0.143 e. The van der Waals surface area contributed by atoms with Crippen LogP contribution < -0.4 is 10.2 Å². The van der Waals surface area contributed by atoms with Crippen molar-refractivity contribution in [3.05, 3.63) is 168 Å². The monoisotopic (exact) mass is 631 g/mol. The third-order valence-electron chi connectivity index (χ3n) is 10.4. The van der Waals surface area contributed by atoms with Crippen molar-refractivity contribution >= 4 is 49.8 Å². The third kappa shape index (κ3) is 4.27. The van der Waals surface area contributed by atoms with Crippen LogP contribution in [-0.4, -0.2) is 18.1 Å². The quantitative estimate of drug-likeness (QED) is 0.211. The number of rotatable bonds is 3. The molecular weight excluding hydrogens is 599 g/mol. The number of fused-ring (bicyclic) bond motifs is 10. The highest BCUT2D eigenvalue weighted by Crippen LogP contribution is 2.50. The molecule has 2 unspecified atom stereocenters. The standard InChI is InChI=1S/C45H33N3O/c1-27-26-38(34-22-21-31-8-7-25-46-42(31)43(34)47-27)30-17-13-28(14-18-30)29-15-19-32(20-16-29)44-37-24-23-35-33-9-4-6-12-40(33)49-45(35)41(37)36-10-3-5-11-39(36)48(44)2/h3-27,44,47H,1-2H3. The van der Waals surface area contributed by atoms with Crippen LogP contribution in [0.2, 0.25) is 0 Å². The van der Waals surface area contributed by atoms with Crippen molar-refractivity contribution in [2.45, 2.75) is 19.0 Å².